The molecule has 0 spiro atoms. The van der Waals surface area contributed by atoms with Gasteiger partial charge in [0.15, 0.2) is 0 Å². The van der Waals surface area contributed by atoms with Gasteiger partial charge in [0.25, 0.3) is 0 Å². The van der Waals surface area contributed by atoms with Gasteiger partial charge in [-0.15, -0.1) is 0 Å². The summed E-state index contributed by atoms with van der Waals surface area (Å²) in [5, 5.41) is 1.25. The number of ether oxygens (including phenoxy) is 1. The lowest BCUT2D eigenvalue weighted by Gasteiger charge is -2.24. The number of benzene rings is 2. The van der Waals surface area contributed by atoms with E-state index in [1.807, 2.05) is 30.3 Å². The van der Waals surface area contributed by atoms with Gasteiger partial charge in [-0.3, -0.25) is 10.2 Å². The molecule has 5 nitrogen and oxygen atoms in total. The van der Waals surface area contributed by atoms with Crippen molar-refractivity contribution in [2.45, 2.75) is 25.3 Å². The second-order valence-electron chi connectivity index (χ2n) is 6.04. The second-order valence-corrected chi connectivity index (χ2v) is 6.04. The van der Waals surface area contributed by atoms with E-state index in [0.29, 0.717) is 12.0 Å². The summed E-state index contributed by atoms with van der Waals surface area (Å²) in [6, 6.07) is 15.2. The lowest BCUT2D eigenvalue weighted by Crippen LogP contribution is -2.49. The number of hydrogen-bond donors (Lipinski definition) is 1. The number of hydrogen-bond acceptors (Lipinski definition) is 3. The van der Waals surface area contributed by atoms with E-state index in [9.17, 15) is 14.0 Å². The number of halogens is 1. The first kappa shape index (κ1) is 17.0. The van der Waals surface area contributed by atoms with Gasteiger partial charge in [0, 0.05) is 0 Å². The van der Waals surface area contributed by atoms with Crippen molar-refractivity contribution >= 4 is 12.0 Å². The highest BCUT2D eigenvalue weighted by Gasteiger charge is 2.35. The first-order valence-electron chi connectivity index (χ1n) is 8.10. The summed E-state index contributed by atoms with van der Waals surface area (Å²) in [7, 11) is 0. The van der Waals surface area contributed by atoms with Crippen LogP contribution >= 0.6 is 0 Å². The molecule has 2 aromatic rings. The molecule has 1 heterocycles. The summed E-state index contributed by atoms with van der Waals surface area (Å²) < 4.78 is 18.1. The Labute approximate surface area is 145 Å². The van der Waals surface area contributed by atoms with Gasteiger partial charge in [0.2, 0.25) is 5.91 Å². The van der Waals surface area contributed by atoms with Crippen LogP contribution in [0.1, 0.15) is 24.0 Å². The van der Waals surface area contributed by atoms with Gasteiger partial charge in [-0.2, -0.15) is 0 Å². The van der Waals surface area contributed by atoms with E-state index < -0.39 is 12.0 Å². The molecule has 1 aliphatic heterocycles. The number of carbonyl (C=O) groups excluding carboxylic acids is 2. The van der Waals surface area contributed by atoms with Gasteiger partial charge in [-0.05, 0) is 36.6 Å². The van der Waals surface area contributed by atoms with Gasteiger partial charge in [-0.25, -0.2) is 14.2 Å². The molecule has 25 heavy (non-hydrogen) atoms. The Bertz CT molecular complexity index is 749. The predicted octanol–water partition coefficient (Wildman–Crippen LogP) is 3.02. The van der Waals surface area contributed by atoms with E-state index in [2.05, 4.69) is 5.43 Å². The molecule has 0 aliphatic carbocycles. The lowest BCUT2D eigenvalue weighted by atomic mass is 10.0. The van der Waals surface area contributed by atoms with E-state index in [4.69, 9.17) is 4.74 Å². The molecule has 0 radical (unpaired) electrons. The van der Waals surface area contributed by atoms with Crippen LogP contribution in [-0.2, 0) is 16.0 Å². The predicted molar refractivity (Wildman–Crippen MR) is 90.1 cm³/mol. The maximum Gasteiger partial charge on any atom is 0.429 e. The highest BCUT2D eigenvalue weighted by atomic mass is 19.1. The number of carbonyl (C=O) groups is 2. The monoisotopic (exact) mass is 342 g/mol. The molecule has 0 saturated carbocycles. The molecule has 1 N–H and O–H groups in total. The summed E-state index contributed by atoms with van der Waals surface area (Å²) in [6.45, 7) is 1.93. The van der Waals surface area contributed by atoms with Gasteiger partial charge in [-0.1, -0.05) is 42.5 Å². The Hall–Kier alpha value is -2.89. The van der Waals surface area contributed by atoms with Crippen LogP contribution in [0.5, 0.6) is 0 Å². The highest BCUT2D eigenvalue weighted by Crippen LogP contribution is 2.19. The van der Waals surface area contributed by atoms with E-state index in [-0.39, 0.29) is 24.4 Å². The normalized spacial score (nSPS) is 17.9. The van der Waals surface area contributed by atoms with Crippen molar-refractivity contribution in [2.24, 2.45) is 0 Å². The molecule has 6 heteroatoms. The van der Waals surface area contributed by atoms with Crippen molar-refractivity contribution in [1.82, 2.24) is 10.4 Å². The molecule has 2 atom stereocenters. The zero-order valence-corrected chi connectivity index (χ0v) is 13.8. The Morgan fingerprint density at radius 3 is 2.60 bits per heavy atom. The summed E-state index contributed by atoms with van der Waals surface area (Å²) >= 11 is 0. The fraction of sp³-hybridized carbons (Fsp3) is 0.263. The lowest BCUT2D eigenvalue weighted by molar-refractivity contribution is -0.126. The maximum atomic E-state index is 13.0. The minimum Gasteiger partial charge on any atom is -0.446 e. The quantitative estimate of drug-likeness (QED) is 0.909. The topological polar surface area (TPSA) is 58.6 Å². The van der Waals surface area contributed by atoms with Crippen molar-refractivity contribution in [1.29, 1.82) is 0 Å². The Kier molecular flexibility index (Phi) is 4.97. The smallest absolute Gasteiger partial charge is 0.429 e. The van der Waals surface area contributed by atoms with Gasteiger partial charge < -0.3 is 4.74 Å². The largest absolute Gasteiger partial charge is 0.446 e. The number of cyclic esters (lactones) is 1. The van der Waals surface area contributed by atoms with Crippen LogP contribution in [0.4, 0.5) is 9.18 Å². The number of rotatable bonds is 5. The molecule has 1 aliphatic rings. The molecular formula is C19H19FN2O3. The minimum absolute atomic E-state index is 0.221. The molecule has 2 amide bonds. The fourth-order valence-electron chi connectivity index (χ4n) is 2.75. The van der Waals surface area contributed by atoms with Crippen LogP contribution in [0.2, 0.25) is 0 Å². The highest BCUT2D eigenvalue weighted by molar-refractivity contribution is 5.85. The third kappa shape index (κ3) is 3.96. The third-order valence-electron chi connectivity index (χ3n) is 4.27. The SMILES string of the molecule is CC(C(=O)NN1C(=O)OC[C@H]1Cc1ccccc1)c1ccc(F)cc1. The van der Waals surface area contributed by atoms with E-state index in [1.165, 1.54) is 17.1 Å². The first-order valence-corrected chi connectivity index (χ1v) is 8.10. The van der Waals surface area contributed by atoms with Crippen molar-refractivity contribution in [3.63, 3.8) is 0 Å². The molecule has 1 unspecified atom stereocenters. The maximum absolute atomic E-state index is 13.0. The molecule has 0 aromatic heterocycles. The summed E-state index contributed by atoms with van der Waals surface area (Å²) in [5.74, 6) is -1.22. The number of nitrogens with zero attached hydrogens (tertiary/aromatic N) is 1. The number of hydrazine groups is 1. The minimum atomic E-state index is -0.569. The molecule has 1 saturated heterocycles. The summed E-state index contributed by atoms with van der Waals surface area (Å²) in [4.78, 5) is 24.4. The molecule has 1 fully saturated rings. The van der Waals surface area contributed by atoms with Crippen LogP contribution in [0.3, 0.4) is 0 Å². The van der Waals surface area contributed by atoms with E-state index in [0.717, 1.165) is 5.56 Å². The summed E-state index contributed by atoms with van der Waals surface area (Å²) in [5.41, 5.74) is 4.36. The average Bonchev–Trinajstić information content (AvgIpc) is 2.96. The van der Waals surface area contributed by atoms with Crippen molar-refractivity contribution in [3.8, 4) is 0 Å². The van der Waals surface area contributed by atoms with Crippen LogP contribution in [0.15, 0.2) is 54.6 Å². The van der Waals surface area contributed by atoms with Crippen molar-refractivity contribution < 1.29 is 18.7 Å². The van der Waals surface area contributed by atoms with Gasteiger partial charge in [0.1, 0.15) is 12.4 Å². The average molecular weight is 342 g/mol. The Balaban J connectivity index is 1.67. The van der Waals surface area contributed by atoms with Crippen LogP contribution in [0, 0.1) is 5.82 Å². The van der Waals surface area contributed by atoms with Crippen LogP contribution in [0.25, 0.3) is 0 Å². The molecule has 130 valence electrons. The standard InChI is InChI=1S/C19H19FN2O3/c1-13(15-7-9-16(20)10-8-15)18(23)21-22-17(12-25-19(22)24)11-14-5-3-2-4-6-14/h2-10,13,17H,11-12H2,1H3,(H,21,23)/t13?,17-/m1/s1. The Morgan fingerprint density at radius 2 is 1.92 bits per heavy atom. The molecular weight excluding hydrogens is 323 g/mol. The first-order chi connectivity index (χ1) is 12.0. The van der Waals surface area contributed by atoms with E-state index >= 15 is 0 Å². The van der Waals surface area contributed by atoms with Gasteiger partial charge >= 0.3 is 6.09 Å². The van der Waals surface area contributed by atoms with Gasteiger partial charge in [0.05, 0.1) is 12.0 Å². The molecule has 0 bridgehead atoms. The van der Waals surface area contributed by atoms with Crippen molar-refractivity contribution in [3.05, 3.63) is 71.5 Å². The second kappa shape index (κ2) is 7.34. The molecule has 3 rings (SSSR count). The Morgan fingerprint density at radius 1 is 1.24 bits per heavy atom. The number of amides is 2. The van der Waals surface area contributed by atoms with Crippen LogP contribution < -0.4 is 5.43 Å². The third-order valence-corrected chi connectivity index (χ3v) is 4.27. The fourth-order valence-corrected chi connectivity index (χ4v) is 2.75. The zero-order valence-electron chi connectivity index (χ0n) is 13.8. The van der Waals surface area contributed by atoms with Crippen molar-refractivity contribution in [2.75, 3.05) is 6.61 Å². The molecule has 2 aromatic carbocycles. The summed E-state index contributed by atoms with van der Waals surface area (Å²) in [6.07, 6.45) is 0.0122. The zero-order chi connectivity index (χ0) is 17.8. The number of nitrogens with one attached hydrogen (secondary N) is 1. The van der Waals surface area contributed by atoms with E-state index in [1.54, 1.807) is 19.1 Å². The van der Waals surface area contributed by atoms with Crippen LogP contribution in [-0.4, -0.2) is 29.7 Å².